The largest absolute Gasteiger partial charge is 0.444 e. The minimum absolute atomic E-state index is 0.178. The zero-order chi connectivity index (χ0) is 15.0. The second-order valence-electron chi connectivity index (χ2n) is 7.00. The Morgan fingerprint density at radius 1 is 1.33 bits per heavy atom. The van der Waals surface area contributed by atoms with Gasteiger partial charge in [0.15, 0.2) is 0 Å². The van der Waals surface area contributed by atoms with Crippen LogP contribution in [0.25, 0.3) is 0 Å². The molecule has 1 aromatic rings. The van der Waals surface area contributed by atoms with Gasteiger partial charge in [-0.2, -0.15) is 0 Å². The molecular weight excluding hydrogens is 266 g/mol. The van der Waals surface area contributed by atoms with Crippen LogP contribution in [0.15, 0.2) is 24.5 Å². The Hall–Kier alpha value is -1.78. The predicted molar refractivity (Wildman–Crippen MR) is 81.3 cm³/mol. The number of ether oxygens (including phenoxy) is 1. The Balaban J connectivity index is 1.69. The van der Waals surface area contributed by atoms with Crippen molar-refractivity contribution < 1.29 is 9.53 Å². The molecule has 0 saturated carbocycles. The summed E-state index contributed by atoms with van der Waals surface area (Å²) in [5.41, 5.74) is 0.704. The number of carbonyl (C=O) groups excluding carboxylic acids is 1. The number of hydrogen-bond acceptors (Lipinski definition) is 4. The highest BCUT2D eigenvalue weighted by atomic mass is 16.6. The molecule has 2 fully saturated rings. The van der Waals surface area contributed by atoms with Gasteiger partial charge < -0.3 is 14.5 Å². The molecule has 1 amide bonds. The standard InChI is InChI=1S/C16H23N3O2/c1-16(2,3)21-15(20)19-10-12-7-14(19)11-18(9-12)13-5-4-6-17-8-13/h4-6,8,12,14H,7,9-11H2,1-3H3/t12-,14+/m0/s1. The van der Waals surface area contributed by atoms with Crippen molar-refractivity contribution in [3.05, 3.63) is 24.5 Å². The van der Waals surface area contributed by atoms with E-state index in [0.29, 0.717) is 5.92 Å². The van der Waals surface area contributed by atoms with Crippen LogP contribution >= 0.6 is 0 Å². The van der Waals surface area contributed by atoms with Crippen molar-refractivity contribution >= 4 is 11.8 Å². The van der Waals surface area contributed by atoms with Gasteiger partial charge in [0.25, 0.3) is 0 Å². The van der Waals surface area contributed by atoms with E-state index in [9.17, 15) is 4.79 Å². The van der Waals surface area contributed by atoms with E-state index < -0.39 is 5.60 Å². The fourth-order valence-corrected chi connectivity index (χ4v) is 3.26. The normalized spacial score (nSPS) is 25.1. The van der Waals surface area contributed by atoms with Crippen molar-refractivity contribution in [2.75, 3.05) is 24.5 Å². The van der Waals surface area contributed by atoms with E-state index >= 15 is 0 Å². The van der Waals surface area contributed by atoms with Crippen molar-refractivity contribution in [3.63, 3.8) is 0 Å². The lowest BCUT2D eigenvalue weighted by Gasteiger charge is -2.34. The van der Waals surface area contributed by atoms with Gasteiger partial charge >= 0.3 is 6.09 Å². The van der Waals surface area contributed by atoms with E-state index in [1.807, 2.05) is 37.9 Å². The molecular formula is C16H23N3O2. The van der Waals surface area contributed by atoms with Crippen LogP contribution in [0.2, 0.25) is 0 Å². The number of likely N-dealkylation sites (tertiary alicyclic amines) is 1. The Morgan fingerprint density at radius 2 is 2.14 bits per heavy atom. The fourth-order valence-electron chi connectivity index (χ4n) is 3.26. The number of piperidine rings is 1. The monoisotopic (exact) mass is 289 g/mol. The lowest BCUT2D eigenvalue weighted by molar-refractivity contribution is 0.0233. The van der Waals surface area contributed by atoms with Gasteiger partial charge in [-0.25, -0.2) is 4.79 Å². The molecule has 1 aromatic heterocycles. The molecule has 2 bridgehead atoms. The van der Waals surface area contributed by atoms with E-state index in [1.165, 1.54) is 0 Å². The SMILES string of the molecule is CC(C)(C)OC(=O)N1C[C@H]2C[C@@H]1CN(c1cccnc1)C2. The van der Waals surface area contributed by atoms with Crippen molar-refractivity contribution in [1.29, 1.82) is 0 Å². The summed E-state index contributed by atoms with van der Waals surface area (Å²) in [5, 5.41) is 0. The molecule has 2 saturated heterocycles. The first-order valence-corrected chi connectivity index (χ1v) is 7.57. The molecule has 5 heteroatoms. The van der Waals surface area contributed by atoms with Crippen LogP contribution in [-0.2, 0) is 4.74 Å². The molecule has 3 heterocycles. The Bertz CT molecular complexity index is 512. The molecule has 0 aromatic carbocycles. The summed E-state index contributed by atoms with van der Waals surface area (Å²) in [4.78, 5) is 20.7. The first kappa shape index (κ1) is 14.2. The number of rotatable bonds is 1. The van der Waals surface area contributed by atoms with Crippen molar-refractivity contribution in [2.24, 2.45) is 5.92 Å². The number of fused-ring (bicyclic) bond motifs is 2. The summed E-state index contributed by atoms with van der Waals surface area (Å²) in [7, 11) is 0. The van der Waals surface area contributed by atoms with E-state index in [0.717, 1.165) is 31.7 Å². The van der Waals surface area contributed by atoms with Crippen LogP contribution < -0.4 is 4.90 Å². The number of amides is 1. The molecule has 0 spiro atoms. The van der Waals surface area contributed by atoms with Crippen molar-refractivity contribution in [2.45, 2.75) is 38.8 Å². The van der Waals surface area contributed by atoms with Crippen LogP contribution in [0.1, 0.15) is 27.2 Å². The van der Waals surface area contributed by atoms with Gasteiger partial charge in [0.2, 0.25) is 0 Å². The molecule has 5 nitrogen and oxygen atoms in total. The third-order valence-electron chi connectivity index (χ3n) is 4.05. The number of carbonyl (C=O) groups is 1. The molecule has 0 aliphatic carbocycles. The smallest absolute Gasteiger partial charge is 0.410 e. The quantitative estimate of drug-likeness (QED) is 0.797. The van der Waals surface area contributed by atoms with E-state index in [1.54, 1.807) is 6.20 Å². The van der Waals surface area contributed by atoms with Crippen molar-refractivity contribution in [1.82, 2.24) is 9.88 Å². The summed E-state index contributed by atoms with van der Waals surface area (Å²) >= 11 is 0. The van der Waals surface area contributed by atoms with Gasteiger partial charge in [-0.15, -0.1) is 0 Å². The zero-order valence-corrected chi connectivity index (χ0v) is 13.0. The summed E-state index contributed by atoms with van der Waals surface area (Å²) in [5.74, 6) is 0.525. The number of anilines is 1. The molecule has 0 radical (unpaired) electrons. The highest BCUT2D eigenvalue weighted by molar-refractivity contribution is 5.69. The fraction of sp³-hybridized carbons (Fsp3) is 0.625. The lowest BCUT2D eigenvalue weighted by atomic mass is 9.99. The molecule has 114 valence electrons. The van der Waals surface area contributed by atoms with Crippen LogP contribution in [-0.4, -0.2) is 47.3 Å². The number of nitrogens with zero attached hydrogens (tertiary/aromatic N) is 3. The van der Waals surface area contributed by atoms with Gasteiger partial charge in [-0.3, -0.25) is 4.98 Å². The maximum absolute atomic E-state index is 12.3. The first-order valence-electron chi connectivity index (χ1n) is 7.57. The van der Waals surface area contributed by atoms with Gasteiger partial charge in [-0.05, 0) is 45.2 Å². The zero-order valence-electron chi connectivity index (χ0n) is 13.0. The second-order valence-corrected chi connectivity index (χ2v) is 7.00. The molecule has 2 aliphatic heterocycles. The number of aromatic nitrogens is 1. The molecule has 2 aliphatic rings. The maximum atomic E-state index is 12.3. The van der Waals surface area contributed by atoms with Crippen LogP contribution in [0, 0.1) is 5.92 Å². The molecule has 3 rings (SSSR count). The lowest BCUT2D eigenvalue weighted by Crippen LogP contribution is -2.45. The summed E-state index contributed by atoms with van der Waals surface area (Å²) < 4.78 is 5.53. The van der Waals surface area contributed by atoms with Gasteiger partial charge in [0.1, 0.15) is 5.60 Å². The highest BCUT2D eigenvalue weighted by Gasteiger charge is 2.42. The van der Waals surface area contributed by atoms with Crippen LogP contribution in [0.4, 0.5) is 10.5 Å². The third kappa shape index (κ3) is 3.12. The average Bonchev–Trinajstić information content (AvgIpc) is 2.72. The van der Waals surface area contributed by atoms with E-state index in [2.05, 4.69) is 16.0 Å². The predicted octanol–water partition coefficient (Wildman–Crippen LogP) is 2.53. The average molecular weight is 289 g/mol. The molecule has 0 N–H and O–H groups in total. The molecule has 2 atom stereocenters. The van der Waals surface area contributed by atoms with E-state index in [-0.39, 0.29) is 12.1 Å². The number of pyridine rings is 1. The highest BCUT2D eigenvalue weighted by Crippen LogP contribution is 2.33. The summed E-state index contributed by atoms with van der Waals surface area (Å²) in [6, 6.07) is 4.28. The Kier molecular flexibility index (Phi) is 3.51. The first-order chi connectivity index (χ1) is 9.92. The van der Waals surface area contributed by atoms with Gasteiger partial charge in [0, 0.05) is 25.8 Å². The third-order valence-corrected chi connectivity index (χ3v) is 4.05. The number of hydrogen-bond donors (Lipinski definition) is 0. The van der Waals surface area contributed by atoms with E-state index in [4.69, 9.17) is 4.74 Å². The minimum Gasteiger partial charge on any atom is -0.444 e. The van der Waals surface area contributed by atoms with Crippen molar-refractivity contribution in [3.8, 4) is 0 Å². The molecule has 0 unspecified atom stereocenters. The minimum atomic E-state index is -0.434. The maximum Gasteiger partial charge on any atom is 0.410 e. The van der Waals surface area contributed by atoms with Gasteiger partial charge in [0.05, 0.1) is 17.9 Å². The second kappa shape index (κ2) is 5.20. The summed E-state index contributed by atoms with van der Waals surface area (Å²) in [6.07, 6.45) is 4.58. The van der Waals surface area contributed by atoms with Gasteiger partial charge in [-0.1, -0.05) is 0 Å². The Morgan fingerprint density at radius 3 is 2.81 bits per heavy atom. The van der Waals surface area contributed by atoms with Crippen LogP contribution in [0.5, 0.6) is 0 Å². The topological polar surface area (TPSA) is 45.7 Å². The Labute approximate surface area is 125 Å². The van der Waals surface area contributed by atoms with Crippen LogP contribution in [0.3, 0.4) is 0 Å². The summed E-state index contributed by atoms with van der Waals surface area (Å²) in [6.45, 7) is 8.39. The molecule has 21 heavy (non-hydrogen) atoms.